The van der Waals surface area contributed by atoms with Crippen molar-refractivity contribution in [1.29, 1.82) is 0 Å². The third kappa shape index (κ3) is 4.98. The van der Waals surface area contributed by atoms with Crippen LogP contribution in [0, 0.1) is 17.7 Å². The monoisotopic (exact) mass is 406 g/mol. The first-order valence-corrected chi connectivity index (χ1v) is 12.6. The maximum atomic E-state index is 15.0. The lowest BCUT2D eigenvalue weighted by Crippen LogP contribution is -2.13. The van der Waals surface area contributed by atoms with Crippen LogP contribution in [0.1, 0.15) is 107 Å². The third-order valence-corrected chi connectivity index (χ3v) is 8.13. The van der Waals surface area contributed by atoms with Crippen LogP contribution in [0.25, 0.3) is 11.1 Å². The van der Waals surface area contributed by atoms with Crippen molar-refractivity contribution in [3.63, 3.8) is 0 Å². The average Bonchev–Trinajstić information content (AvgIpc) is 2.80. The predicted octanol–water partition coefficient (Wildman–Crippen LogP) is 9.25. The lowest BCUT2D eigenvalue weighted by molar-refractivity contribution is 0.308. The Morgan fingerprint density at radius 3 is 1.83 bits per heavy atom. The van der Waals surface area contributed by atoms with E-state index in [0.717, 1.165) is 23.0 Å². The van der Waals surface area contributed by atoms with Gasteiger partial charge in [-0.05, 0) is 97.8 Å². The molecule has 4 rings (SSSR count). The van der Waals surface area contributed by atoms with Crippen molar-refractivity contribution in [3.8, 4) is 11.1 Å². The summed E-state index contributed by atoms with van der Waals surface area (Å²) in [7, 11) is 0. The van der Waals surface area contributed by atoms with Crippen LogP contribution >= 0.6 is 0 Å². The molecule has 0 nitrogen and oxygen atoms in total. The Morgan fingerprint density at radius 1 is 0.700 bits per heavy atom. The van der Waals surface area contributed by atoms with E-state index in [1.165, 1.54) is 81.8 Å². The molecule has 2 fully saturated rings. The van der Waals surface area contributed by atoms with Gasteiger partial charge in [-0.3, -0.25) is 0 Å². The van der Waals surface area contributed by atoms with Gasteiger partial charge in [0.1, 0.15) is 5.82 Å². The normalized spacial score (nSPS) is 27.2. The zero-order valence-electron chi connectivity index (χ0n) is 19.0. The van der Waals surface area contributed by atoms with Gasteiger partial charge in [-0.2, -0.15) is 0 Å². The molecule has 30 heavy (non-hydrogen) atoms. The molecule has 0 atom stereocenters. The number of hydrogen-bond donors (Lipinski definition) is 0. The molecule has 0 bridgehead atoms. The molecular formula is C29H39F. The van der Waals surface area contributed by atoms with Gasteiger partial charge < -0.3 is 0 Å². The molecule has 0 unspecified atom stereocenters. The summed E-state index contributed by atoms with van der Waals surface area (Å²) in [5, 5.41) is 0. The molecule has 0 aromatic heterocycles. The van der Waals surface area contributed by atoms with Gasteiger partial charge in [0.15, 0.2) is 0 Å². The van der Waals surface area contributed by atoms with Gasteiger partial charge in [-0.15, -0.1) is 0 Å². The molecule has 0 radical (unpaired) electrons. The highest BCUT2D eigenvalue weighted by Gasteiger charge is 2.23. The van der Waals surface area contributed by atoms with Crippen LogP contribution in [-0.2, 0) is 0 Å². The first-order valence-electron chi connectivity index (χ1n) is 12.6. The van der Waals surface area contributed by atoms with Gasteiger partial charge >= 0.3 is 0 Å². The Hall–Kier alpha value is -1.63. The largest absolute Gasteiger partial charge is 0.206 e. The van der Waals surface area contributed by atoms with E-state index in [0.29, 0.717) is 11.8 Å². The fourth-order valence-electron chi connectivity index (χ4n) is 6.05. The maximum Gasteiger partial charge on any atom is 0.131 e. The van der Waals surface area contributed by atoms with Gasteiger partial charge in [-0.1, -0.05) is 69.5 Å². The predicted molar refractivity (Wildman–Crippen MR) is 126 cm³/mol. The minimum Gasteiger partial charge on any atom is -0.206 e. The van der Waals surface area contributed by atoms with Crippen molar-refractivity contribution in [2.75, 3.05) is 0 Å². The molecule has 2 saturated carbocycles. The van der Waals surface area contributed by atoms with Crippen LogP contribution < -0.4 is 0 Å². The number of halogens is 1. The third-order valence-electron chi connectivity index (χ3n) is 8.13. The molecule has 0 N–H and O–H groups in total. The highest BCUT2D eigenvalue weighted by Crippen LogP contribution is 2.40. The Morgan fingerprint density at radius 2 is 1.27 bits per heavy atom. The highest BCUT2D eigenvalue weighted by atomic mass is 19.1. The molecule has 0 spiro atoms. The Labute approximate surface area is 183 Å². The minimum absolute atomic E-state index is 0.0575. The maximum absolute atomic E-state index is 15.0. The second-order valence-electron chi connectivity index (χ2n) is 9.99. The summed E-state index contributed by atoms with van der Waals surface area (Å²) >= 11 is 0. The van der Waals surface area contributed by atoms with Crippen molar-refractivity contribution in [1.82, 2.24) is 0 Å². The second-order valence-corrected chi connectivity index (χ2v) is 9.99. The van der Waals surface area contributed by atoms with Crippen LogP contribution in [0.5, 0.6) is 0 Å². The highest BCUT2D eigenvalue weighted by molar-refractivity contribution is 5.65. The fourth-order valence-corrected chi connectivity index (χ4v) is 6.05. The molecular weight excluding hydrogens is 367 g/mol. The van der Waals surface area contributed by atoms with Crippen LogP contribution in [0.2, 0.25) is 0 Å². The molecule has 0 saturated heterocycles. The zero-order chi connectivity index (χ0) is 20.9. The molecule has 0 aliphatic heterocycles. The number of rotatable bonds is 6. The molecule has 1 heteroatoms. The van der Waals surface area contributed by atoms with E-state index in [4.69, 9.17) is 0 Å². The van der Waals surface area contributed by atoms with Crippen molar-refractivity contribution in [3.05, 3.63) is 59.4 Å². The van der Waals surface area contributed by atoms with E-state index in [1.54, 1.807) is 0 Å². The summed E-state index contributed by atoms with van der Waals surface area (Å²) < 4.78 is 15.0. The van der Waals surface area contributed by atoms with Gasteiger partial charge in [0.2, 0.25) is 0 Å². The smallest absolute Gasteiger partial charge is 0.131 e. The van der Waals surface area contributed by atoms with Crippen molar-refractivity contribution in [2.24, 2.45) is 11.8 Å². The van der Waals surface area contributed by atoms with E-state index in [1.807, 2.05) is 12.1 Å². The summed E-state index contributed by atoms with van der Waals surface area (Å²) in [4.78, 5) is 0. The number of hydrogen-bond acceptors (Lipinski definition) is 0. The van der Waals surface area contributed by atoms with Crippen molar-refractivity contribution < 1.29 is 4.39 Å². The minimum atomic E-state index is -0.0575. The molecule has 0 heterocycles. The summed E-state index contributed by atoms with van der Waals surface area (Å²) in [6.07, 6.45) is 14.4. The van der Waals surface area contributed by atoms with Gasteiger partial charge in [0.25, 0.3) is 0 Å². The summed E-state index contributed by atoms with van der Waals surface area (Å²) in [6.45, 7) is 4.59. The first kappa shape index (κ1) is 21.6. The van der Waals surface area contributed by atoms with Crippen LogP contribution in [0.4, 0.5) is 4.39 Å². The van der Waals surface area contributed by atoms with E-state index in [9.17, 15) is 0 Å². The number of benzene rings is 2. The van der Waals surface area contributed by atoms with Crippen LogP contribution in [0.3, 0.4) is 0 Å². The van der Waals surface area contributed by atoms with E-state index >= 15 is 4.39 Å². The molecule has 2 aromatic carbocycles. The SMILES string of the molecule is CCCC1CCC(c2ccc(-c3ccc(C4CCC(CC)CC4)cc3F)cc2)CC1. The van der Waals surface area contributed by atoms with Gasteiger partial charge in [0, 0.05) is 5.56 Å². The molecule has 2 aliphatic carbocycles. The summed E-state index contributed by atoms with van der Waals surface area (Å²) in [5.74, 6) is 3.00. The molecule has 2 aromatic rings. The summed E-state index contributed by atoms with van der Waals surface area (Å²) in [6, 6.07) is 14.8. The molecule has 2 aliphatic rings. The first-order chi connectivity index (χ1) is 14.7. The van der Waals surface area contributed by atoms with Crippen molar-refractivity contribution >= 4 is 0 Å². The molecule has 0 amide bonds. The Balaban J connectivity index is 1.41. The zero-order valence-corrected chi connectivity index (χ0v) is 19.0. The van der Waals surface area contributed by atoms with E-state index in [-0.39, 0.29) is 5.82 Å². The Kier molecular flexibility index (Phi) is 7.28. The topological polar surface area (TPSA) is 0 Å². The average molecular weight is 407 g/mol. The van der Waals surface area contributed by atoms with Crippen LogP contribution in [0.15, 0.2) is 42.5 Å². The van der Waals surface area contributed by atoms with E-state index in [2.05, 4.69) is 44.2 Å². The lowest BCUT2D eigenvalue weighted by Gasteiger charge is -2.29. The Bertz CT molecular complexity index is 790. The lowest BCUT2D eigenvalue weighted by atomic mass is 9.77. The van der Waals surface area contributed by atoms with E-state index < -0.39 is 0 Å². The van der Waals surface area contributed by atoms with Crippen molar-refractivity contribution in [2.45, 2.75) is 96.3 Å². The van der Waals surface area contributed by atoms with Gasteiger partial charge in [-0.25, -0.2) is 4.39 Å². The molecule has 162 valence electrons. The standard InChI is InChI=1S/C29H39F/c1-3-5-22-8-12-23(13-9-22)24-14-16-26(17-15-24)28-19-18-27(20-29(28)30)25-10-6-21(4-2)7-11-25/h14-23,25H,3-13H2,1-2H3. The second kappa shape index (κ2) is 10.1. The fraction of sp³-hybridized carbons (Fsp3) is 0.586. The van der Waals surface area contributed by atoms with Gasteiger partial charge in [0.05, 0.1) is 0 Å². The summed E-state index contributed by atoms with van der Waals surface area (Å²) in [5.41, 5.74) is 4.40. The van der Waals surface area contributed by atoms with Crippen LogP contribution in [-0.4, -0.2) is 0 Å². The quantitative estimate of drug-likeness (QED) is 0.448.